The van der Waals surface area contributed by atoms with E-state index in [0.717, 1.165) is 13.3 Å². The van der Waals surface area contributed by atoms with Gasteiger partial charge in [-0.05, 0) is 203 Å². The Balaban J connectivity index is 0.000000155. The molecule has 4 saturated carbocycles. The van der Waals surface area contributed by atoms with E-state index in [0.29, 0.717) is 45.8 Å². The molecule has 122 heavy (non-hydrogen) atoms. The quantitative estimate of drug-likeness (QED) is 0.0171. The number of carbonyl (C=O) groups excluding carboxylic acids is 3. The Kier molecular flexibility index (Phi) is 34.2. The number of nitrogens with zero attached hydrogens (tertiary/aromatic N) is 2. The second-order valence-corrected chi connectivity index (χ2v) is 42.5. The molecule has 634 valence electrons. The molecule has 2 atom stereocenters. The van der Waals surface area contributed by atoms with Crippen LogP contribution in [0.25, 0.3) is 4.13 Å². The Bertz CT molecular complexity index is 4770. The summed E-state index contributed by atoms with van der Waals surface area (Å²) in [5, 5.41) is 12.2. The second-order valence-electron chi connectivity index (χ2n) is 29.2. The maximum Gasteiger partial charge on any atom is 0.319 e. The Morgan fingerprint density at radius 2 is 0.623 bits per heavy atom. The zero-order valence-corrected chi connectivity index (χ0v) is 73.2. The van der Waals surface area contributed by atoms with Gasteiger partial charge in [-0.25, -0.2) is 42.8 Å². The predicted octanol–water partition coefficient (Wildman–Crippen LogP) is 20.2. The molecule has 0 N–H and O–H groups in total. The number of hydrogen-bond donors (Lipinski definition) is 0. The van der Waals surface area contributed by atoms with Crippen molar-refractivity contribution in [2.75, 3.05) is 31.0 Å². The van der Waals surface area contributed by atoms with E-state index in [9.17, 15) is 62.3 Å². The molecule has 15 nitrogen and oxygen atoms in total. The third-order valence-electron chi connectivity index (χ3n) is 18.6. The van der Waals surface area contributed by atoms with Crippen LogP contribution in [0.2, 0.25) is 0 Å². The highest BCUT2D eigenvalue weighted by atomic mass is 32.3. The monoisotopic (exact) mass is 1780 g/mol. The summed E-state index contributed by atoms with van der Waals surface area (Å²) in [7, 11) is -13.1. The molecule has 4 aliphatic carbocycles. The number of sulfonamides is 3. The highest BCUT2D eigenvalue weighted by Gasteiger charge is 2.61. The van der Waals surface area contributed by atoms with Crippen molar-refractivity contribution in [3.8, 4) is 0 Å². The van der Waals surface area contributed by atoms with Gasteiger partial charge in [0.1, 0.15) is 17.3 Å². The third kappa shape index (κ3) is 29.9. The minimum atomic E-state index is -4.59. The largest absolute Gasteiger partial charge is 0.593 e. The molecule has 0 aromatic heterocycles. The SMILES string of the molecule is CC(=O)CS(=O)(=O)N=C([O-])OC12CC3CC(C1)CC(C(=O)OCC(C)(F)F)(C3)C2.CC(F)(F)COC(=O)CS(=O)(=O)[N-]S(C)(=O)=O.c1ccc([S+](c2ccccc2)c2ccccc2)cc1.c1ccc([S+](c2ccccc2)c2ccccc2)cc1.c1ccc([S+](c2ccccc2)c2ccccc2)cc1.c1ccc([S+](c2ccccc2)c2ccccc2)cc1. The summed E-state index contributed by atoms with van der Waals surface area (Å²) in [5.41, 5.74) is -2.10. The fraction of sp³-hybridized carbons (Fsp3) is 0.208. The molecule has 2 unspecified atom stereocenters. The Hall–Kier alpha value is -10.6. The molecular weight excluding hydrogens is 1690 g/mol. The molecule has 26 heteroatoms. The number of ketones is 1. The number of Topliss-reactive ketones (excluding diaryl/α,β-unsaturated/α-hetero) is 1. The maximum absolute atomic E-state index is 13.1. The van der Waals surface area contributed by atoms with Gasteiger partial charge in [-0.15, -0.1) is 4.40 Å². The van der Waals surface area contributed by atoms with E-state index in [1.54, 1.807) is 0 Å². The van der Waals surface area contributed by atoms with Crippen LogP contribution >= 0.6 is 0 Å². The first-order valence-electron chi connectivity index (χ1n) is 38.8. The van der Waals surface area contributed by atoms with Gasteiger partial charge in [0.2, 0.25) is 0 Å². The van der Waals surface area contributed by atoms with E-state index in [-0.39, 0.29) is 61.8 Å². The standard InChI is InChI=1S/C18H25F2NO7S.4C18H15S.C6H10F2NO6S2/c1-11(22)8-29(25,26)21-15(24)28-18-6-12-3-13(7-18)5-17(4-12,9-18)14(23)27-10-16(2,19)20;4*1-4-10-16(11-5-1)19(17-12-6-2-7-13-17)18-14-8-3-9-15-18;1-6(7,8)4-15-5(10)3-17(13,14)9-16(2,11)12/h12-13H,3-10H2,1-2H3,(H,21,24);4*1-15H;3-4H2,1-2H3/q;4*+1;-1/p-1. The highest BCUT2D eigenvalue weighted by molar-refractivity contribution is 8.12. The molecule has 12 aromatic carbocycles. The first-order chi connectivity index (χ1) is 58.3. The van der Waals surface area contributed by atoms with E-state index in [4.69, 9.17) is 9.47 Å². The third-order valence-corrected chi connectivity index (χ3v) is 31.3. The van der Waals surface area contributed by atoms with Crippen molar-refractivity contribution in [2.24, 2.45) is 21.6 Å². The van der Waals surface area contributed by atoms with Gasteiger partial charge < -0.3 is 23.4 Å². The Morgan fingerprint density at radius 1 is 0.393 bits per heavy atom. The topological polar surface area (TPSA) is 231 Å². The van der Waals surface area contributed by atoms with Gasteiger partial charge >= 0.3 is 11.9 Å². The number of benzene rings is 12. The number of alkyl halides is 4. The normalized spacial score (nSPS) is 16.6. The summed E-state index contributed by atoms with van der Waals surface area (Å²) in [5.74, 6) is -11.5. The first kappa shape index (κ1) is 93.7. The van der Waals surface area contributed by atoms with Crippen molar-refractivity contribution in [2.45, 2.75) is 135 Å². The van der Waals surface area contributed by atoms with Crippen molar-refractivity contribution in [1.29, 1.82) is 0 Å². The van der Waals surface area contributed by atoms with Crippen LogP contribution in [0, 0.1) is 17.3 Å². The summed E-state index contributed by atoms with van der Waals surface area (Å²) in [6.07, 6.45) is 1.96. The minimum absolute atomic E-state index is 0.0146. The average molecular weight is 1780 g/mol. The summed E-state index contributed by atoms with van der Waals surface area (Å²) < 4.78 is 137. The lowest BCUT2D eigenvalue weighted by Crippen LogP contribution is -2.60. The molecule has 0 amide bonds. The molecule has 0 heterocycles. The summed E-state index contributed by atoms with van der Waals surface area (Å²) in [4.78, 5) is 50.8. The molecule has 16 rings (SSSR count). The van der Waals surface area contributed by atoms with Crippen LogP contribution in [0.15, 0.2) is 427 Å². The molecule has 0 aliphatic heterocycles. The van der Waals surface area contributed by atoms with Crippen molar-refractivity contribution in [3.05, 3.63) is 368 Å². The van der Waals surface area contributed by atoms with Gasteiger partial charge in [0, 0.05) is 25.7 Å². The van der Waals surface area contributed by atoms with Crippen LogP contribution in [0.3, 0.4) is 0 Å². The van der Waals surface area contributed by atoms with Gasteiger partial charge in [-0.3, -0.25) is 14.4 Å². The molecule has 4 aliphatic rings. The van der Waals surface area contributed by atoms with Gasteiger partial charge in [0.25, 0.3) is 21.9 Å². The number of carbonyl (C=O) groups is 3. The maximum atomic E-state index is 13.1. The van der Waals surface area contributed by atoms with Crippen molar-refractivity contribution >= 4 is 97.5 Å². The van der Waals surface area contributed by atoms with E-state index >= 15 is 0 Å². The predicted molar refractivity (Wildman–Crippen MR) is 474 cm³/mol. The number of hydrogen-bond acceptors (Lipinski definition) is 13. The van der Waals surface area contributed by atoms with Crippen molar-refractivity contribution in [3.63, 3.8) is 0 Å². The van der Waals surface area contributed by atoms with Gasteiger partial charge in [0.15, 0.2) is 78.0 Å². The number of ether oxygens (including phenoxy) is 3. The lowest BCUT2D eigenvalue weighted by molar-refractivity contribution is -0.279. The average Bonchev–Trinajstić information content (AvgIpc) is 0.714. The zero-order valence-electron chi connectivity index (χ0n) is 67.4. The molecular formula is C96H94F4N2O13S7+2. The molecule has 0 saturated heterocycles. The van der Waals surface area contributed by atoms with Gasteiger partial charge in [0.05, 0.1) is 69.0 Å². The molecule has 12 aromatic rings. The van der Waals surface area contributed by atoms with E-state index in [1.165, 1.54) is 58.7 Å². The summed E-state index contributed by atoms with van der Waals surface area (Å²) in [6.45, 7) is -0.122. The van der Waals surface area contributed by atoms with Crippen LogP contribution in [-0.4, -0.2) is 97.5 Å². The van der Waals surface area contributed by atoms with Crippen LogP contribution in [0.5, 0.6) is 0 Å². The number of rotatable bonds is 25. The fourth-order valence-corrected chi connectivity index (χ4v) is 25.9. The molecule has 0 radical (unpaired) electrons. The Labute approximate surface area is 724 Å². The lowest BCUT2D eigenvalue weighted by Gasteiger charge is -2.63. The van der Waals surface area contributed by atoms with Gasteiger partial charge in [-0.1, -0.05) is 218 Å². The van der Waals surface area contributed by atoms with E-state index < -0.39 is 101 Å². The Morgan fingerprint density at radius 3 is 0.836 bits per heavy atom. The van der Waals surface area contributed by atoms with Crippen molar-refractivity contribution < 1.29 is 76.5 Å². The molecule has 4 bridgehead atoms. The fourth-order valence-electron chi connectivity index (χ4n) is 14.4. The highest BCUT2D eigenvalue weighted by Crippen LogP contribution is 2.63. The molecule has 4 fully saturated rings. The second kappa shape index (κ2) is 44.5. The minimum Gasteiger partial charge on any atom is -0.593 e. The summed E-state index contributed by atoms with van der Waals surface area (Å²) >= 11 is 0. The zero-order chi connectivity index (χ0) is 87.2. The summed E-state index contributed by atoms with van der Waals surface area (Å²) in [6, 6.07) is 129. The van der Waals surface area contributed by atoms with Crippen LogP contribution in [-0.2, 0) is 102 Å². The van der Waals surface area contributed by atoms with E-state index in [2.05, 4.69) is 377 Å². The lowest BCUT2D eigenvalue weighted by atomic mass is 9.48. The van der Waals surface area contributed by atoms with Crippen LogP contribution in [0.1, 0.15) is 59.3 Å². The number of halogens is 4. The van der Waals surface area contributed by atoms with Crippen LogP contribution < -0.4 is 5.11 Å². The number of esters is 2. The first-order valence-corrected chi connectivity index (χ1v) is 48.8. The molecule has 0 spiro atoms. The smallest absolute Gasteiger partial charge is 0.319 e. The van der Waals surface area contributed by atoms with Gasteiger partial charge in [-0.2, -0.15) is 0 Å². The van der Waals surface area contributed by atoms with Crippen molar-refractivity contribution in [1.82, 2.24) is 0 Å². The van der Waals surface area contributed by atoms with E-state index in [1.807, 2.05) is 0 Å². The van der Waals surface area contributed by atoms with Crippen LogP contribution in [0.4, 0.5) is 17.6 Å².